The van der Waals surface area contributed by atoms with Gasteiger partial charge in [-0.05, 0) is 38.1 Å². The molecule has 0 radical (unpaired) electrons. The van der Waals surface area contributed by atoms with Crippen LogP contribution in [0.1, 0.15) is 27.3 Å². The molecule has 1 saturated heterocycles. The van der Waals surface area contributed by atoms with Gasteiger partial charge >= 0.3 is 0 Å². The van der Waals surface area contributed by atoms with Crippen molar-refractivity contribution in [1.82, 2.24) is 4.57 Å². The molecule has 1 aliphatic rings. The average molecular weight is 375 g/mol. The van der Waals surface area contributed by atoms with Gasteiger partial charge in [0.2, 0.25) is 5.78 Å². The quantitative estimate of drug-likeness (QED) is 0.696. The summed E-state index contributed by atoms with van der Waals surface area (Å²) in [5, 5.41) is 0. The van der Waals surface area contributed by atoms with Gasteiger partial charge in [0.05, 0.1) is 12.7 Å². The minimum atomic E-state index is -0.228. The number of methoxy groups -OCH3 is 1. The third-order valence-electron chi connectivity index (χ3n) is 5.83. The first kappa shape index (κ1) is 19.6. The summed E-state index contributed by atoms with van der Waals surface area (Å²) in [6.07, 6.45) is 0. The maximum Gasteiger partial charge on any atom is 0.218 e. The van der Waals surface area contributed by atoms with Gasteiger partial charge in [0, 0.05) is 24.0 Å². The van der Waals surface area contributed by atoms with E-state index < -0.39 is 0 Å². The standard InChI is InChI=1S/C21H28FN3O2/c1-15-11-19(16(2)23(15)3)20(26)14-25-9-7-24(8-10-25)13-17-12-18(22)5-6-21(17)27-4/h5-6,11-12H,7-10,13-14H2,1-4H3/p+2. The molecule has 0 bridgehead atoms. The number of hydrogen-bond donors (Lipinski definition) is 2. The van der Waals surface area contributed by atoms with Crippen LogP contribution in [0.5, 0.6) is 5.75 Å². The predicted octanol–water partition coefficient (Wildman–Crippen LogP) is -0.0441. The van der Waals surface area contributed by atoms with Crippen molar-refractivity contribution < 1.29 is 23.7 Å². The Morgan fingerprint density at radius 2 is 1.81 bits per heavy atom. The highest BCUT2D eigenvalue weighted by atomic mass is 19.1. The van der Waals surface area contributed by atoms with Crippen molar-refractivity contribution in [3.63, 3.8) is 0 Å². The molecule has 0 amide bonds. The van der Waals surface area contributed by atoms with E-state index in [1.54, 1.807) is 19.2 Å². The lowest BCUT2D eigenvalue weighted by Gasteiger charge is -2.29. The smallest absolute Gasteiger partial charge is 0.218 e. The molecule has 2 N–H and O–H groups in total. The van der Waals surface area contributed by atoms with Gasteiger partial charge in [-0.15, -0.1) is 0 Å². The molecule has 1 aliphatic heterocycles. The molecule has 5 nitrogen and oxygen atoms in total. The van der Waals surface area contributed by atoms with Gasteiger partial charge in [0.1, 0.15) is 50.8 Å². The Morgan fingerprint density at radius 3 is 2.41 bits per heavy atom. The molecule has 0 saturated carbocycles. The summed E-state index contributed by atoms with van der Waals surface area (Å²) in [5.74, 6) is 0.735. The van der Waals surface area contributed by atoms with Crippen LogP contribution in [0, 0.1) is 19.7 Å². The minimum Gasteiger partial charge on any atom is -0.496 e. The zero-order valence-corrected chi connectivity index (χ0v) is 16.7. The van der Waals surface area contributed by atoms with Gasteiger partial charge in [0.15, 0.2) is 0 Å². The molecule has 1 aromatic heterocycles. The fourth-order valence-corrected chi connectivity index (χ4v) is 3.93. The molecule has 0 unspecified atom stereocenters. The molecule has 6 heteroatoms. The van der Waals surface area contributed by atoms with Gasteiger partial charge in [-0.2, -0.15) is 0 Å². The van der Waals surface area contributed by atoms with E-state index in [0.29, 0.717) is 6.54 Å². The number of nitrogens with zero attached hydrogens (tertiary/aromatic N) is 1. The molecule has 0 spiro atoms. The molecule has 3 rings (SSSR count). The van der Waals surface area contributed by atoms with Crippen LogP contribution in [-0.4, -0.2) is 50.2 Å². The fourth-order valence-electron chi connectivity index (χ4n) is 3.93. The Kier molecular flexibility index (Phi) is 5.97. The van der Waals surface area contributed by atoms with Gasteiger partial charge in [-0.3, -0.25) is 4.79 Å². The summed E-state index contributed by atoms with van der Waals surface area (Å²) in [6, 6.07) is 6.68. The van der Waals surface area contributed by atoms with Crippen molar-refractivity contribution in [2.75, 3.05) is 39.8 Å². The molecule has 0 aliphatic carbocycles. The molecule has 2 aromatic rings. The lowest BCUT2D eigenvalue weighted by Crippen LogP contribution is -3.27. The first-order valence-electron chi connectivity index (χ1n) is 9.54. The SMILES string of the molecule is COc1ccc(F)cc1C[NH+]1CC[NH+](CC(=O)c2cc(C)n(C)c2C)CC1. The Hall–Kier alpha value is -2.18. The number of carbonyl (C=O) groups is 1. The predicted molar refractivity (Wildman–Crippen MR) is 102 cm³/mol. The van der Waals surface area contributed by atoms with Gasteiger partial charge < -0.3 is 19.1 Å². The van der Waals surface area contributed by atoms with Crippen LogP contribution in [0.25, 0.3) is 0 Å². The number of hydrogen-bond acceptors (Lipinski definition) is 2. The summed E-state index contributed by atoms with van der Waals surface area (Å²) in [4.78, 5) is 15.4. The fraction of sp³-hybridized carbons (Fsp3) is 0.476. The Labute approximate surface area is 160 Å². The molecule has 146 valence electrons. The van der Waals surface area contributed by atoms with Crippen LogP contribution in [0.4, 0.5) is 4.39 Å². The molecular weight excluding hydrogens is 345 g/mol. The number of carbonyl (C=O) groups excluding carboxylic acids is 1. The molecule has 1 fully saturated rings. The Balaban J connectivity index is 1.55. The Bertz CT molecular complexity index is 823. The van der Waals surface area contributed by atoms with Crippen LogP contribution < -0.4 is 14.5 Å². The van der Waals surface area contributed by atoms with Gasteiger partial charge in [0.25, 0.3) is 0 Å². The minimum absolute atomic E-state index is 0.224. The average Bonchev–Trinajstić information content (AvgIpc) is 2.91. The van der Waals surface area contributed by atoms with Crippen LogP contribution in [0.15, 0.2) is 24.3 Å². The topological polar surface area (TPSA) is 40.1 Å². The highest BCUT2D eigenvalue weighted by molar-refractivity contribution is 5.98. The van der Waals surface area contributed by atoms with Gasteiger partial charge in [-0.25, -0.2) is 4.39 Å². The maximum atomic E-state index is 13.6. The number of rotatable bonds is 6. The Morgan fingerprint density at radius 1 is 1.15 bits per heavy atom. The number of ether oxygens (including phenoxy) is 1. The number of ketones is 1. The first-order valence-corrected chi connectivity index (χ1v) is 9.54. The van der Waals surface area contributed by atoms with E-state index in [-0.39, 0.29) is 11.6 Å². The van der Waals surface area contributed by atoms with Crippen LogP contribution in [-0.2, 0) is 13.6 Å². The molecule has 27 heavy (non-hydrogen) atoms. The number of piperazine rings is 1. The number of benzene rings is 1. The summed E-state index contributed by atoms with van der Waals surface area (Å²) < 4.78 is 21.0. The van der Waals surface area contributed by atoms with Crippen LogP contribution >= 0.6 is 0 Å². The molecule has 0 atom stereocenters. The van der Waals surface area contributed by atoms with E-state index in [2.05, 4.69) is 4.57 Å². The third kappa shape index (κ3) is 4.39. The largest absolute Gasteiger partial charge is 0.496 e. The summed E-state index contributed by atoms with van der Waals surface area (Å²) >= 11 is 0. The normalized spacial score (nSPS) is 19.9. The highest BCUT2D eigenvalue weighted by Crippen LogP contribution is 2.18. The van der Waals surface area contributed by atoms with Crippen molar-refractivity contribution in [1.29, 1.82) is 0 Å². The number of halogens is 1. The monoisotopic (exact) mass is 375 g/mol. The van der Waals surface area contributed by atoms with E-state index in [4.69, 9.17) is 4.74 Å². The zero-order chi connectivity index (χ0) is 19.6. The van der Waals surface area contributed by atoms with Crippen LogP contribution in [0.2, 0.25) is 0 Å². The third-order valence-corrected chi connectivity index (χ3v) is 5.83. The number of nitrogens with one attached hydrogen (secondary N) is 2. The van der Waals surface area contributed by atoms with Crippen molar-refractivity contribution in [3.05, 3.63) is 52.6 Å². The van der Waals surface area contributed by atoms with Crippen molar-refractivity contribution in [3.8, 4) is 5.75 Å². The summed E-state index contributed by atoms with van der Waals surface area (Å²) in [5.41, 5.74) is 3.91. The van der Waals surface area contributed by atoms with E-state index in [1.165, 1.54) is 15.9 Å². The first-order chi connectivity index (χ1) is 12.9. The van der Waals surface area contributed by atoms with E-state index in [1.807, 2.05) is 27.0 Å². The number of aryl methyl sites for hydroxylation is 1. The zero-order valence-electron chi connectivity index (χ0n) is 16.7. The number of Topliss-reactive ketones (excluding diaryl/α,β-unsaturated/α-hetero) is 1. The highest BCUT2D eigenvalue weighted by Gasteiger charge is 2.27. The number of quaternary nitrogens is 2. The second-order valence-corrected chi connectivity index (χ2v) is 7.58. The van der Waals surface area contributed by atoms with Gasteiger partial charge in [-0.1, -0.05) is 0 Å². The lowest BCUT2D eigenvalue weighted by atomic mass is 10.1. The second kappa shape index (κ2) is 8.23. The molecule has 2 heterocycles. The maximum absolute atomic E-state index is 13.6. The van der Waals surface area contributed by atoms with E-state index in [0.717, 1.165) is 61.0 Å². The van der Waals surface area contributed by atoms with Crippen molar-refractivity contribution in [2.24, 2.45) is 7.05 Å². The van der Waals surface area contributed by atoms with Crippen LogP contribution in [0.3, 0.4) is 0 Å². The van der Waals surface area contributed by atoms with Crippen molar-refractivity contribution >= 4 is 5.78 Å². The second-order valence-electron chi connectivity index (χ2n) is 7.58. The number of aromatic nitrogens is 1. The molecular formula is C21H30FN3O2+2. The van der Waals surface area contributed by atoms with E-state index >= 15 is 0 Å². The lowest BCUT2D eigenvalue weighted by molar-refractivity contribution is -1.01. The van der Waals surface area contributed by atoms with E-state index in [9.17, 15) is 9.18 Å². The summed E-state index contributed by atoms with van der Waals surface area (Å²) in [6.45, 7) is 9.15. The summed E-state index contributed by atoms with van der Waals surface area (Å²) in [7, 11) is 3.62. The van der Waals surface area contributed by atoms with Crippen molar-refractivity contribution in [2.45, 2.75) is 20.4 Å². The molecule has 1 aromatic carbocycles.